The molecule has 1 heterocycles. The number of anilines is 3. The summed E-state index contributed by atoms with van der Waals surface area (Å²) in [7, 11) is 0. The Morgan fingerprint density at radius 3 is 1.22 bits per heavy atom. The third-order valence-electron chi connectivity index (χ3n) is 13.3. The Kier molecular flexibility index (Phi) is 10.6. The average Bonchev–Trinajstić information content (AvgIpc) is 3.76. The molecule has 0 aliphatic heterocycles. The standard InChI is InChI=1S/C66H46N2/c1-4-18-47(19-5-1)48-32-34-49(35-33-48)50-36-41-55(42-37-50)67(64-30-16-14-28-61(64)60-27-13-12-26-59(60)58-25-11-10-24-57(58)52-20-6-2-7-21-52)56-43-38-51(39-44-56)53-40-45-63-62-29-15-17-31-65(62)68(66(63)46-53)54-22-8-3-9-23-54/h1-46H. The van der Waals surface area contributed by atoms with Crippen molar-refractivity contribution in [2.45, 2.75) is 0 Å². The third kappa shape index (κ3) is 7.54. The molecule has 0 atom stereocenters. The zero-order chi connectivity index (χ0) is 45.2. The fourth-order valence-corrected chi connectivity index (χ4v) is 9.96. The second-order valence-electron chi connectivity index (χ2n) is 17.3. The van der Waals surface area contributed by atoms with E-state index in [1.165, 1.54) is 77.4 Å². The van der Waals surface area contributed by atoms with Gasteiger partial charge in [-0.05, 0) is 116 Å². The number of hydrogen-bond acceptors (Lipinski definition) is 1. The van der Waals surface area contributed by atoms with Crippen LogP contribution in [0.2, 0.25) is 0 Å². The number of hydrogen-bond donors (Lipinski definition) is 0. The molecular weight excluding hydrogens is 821 g/mol. The molecule has 68 heavy (non-hydrogen) atoms. The molecule has 0 aliphatic rings. The Balaban J connectivity index is 0.974. The molecule has 0 fully saturated rings. The molecule has 2 heteroatoms. The van der Waals surface area contributed by atoms with Gasteiger partial charge in [0, 0.05) is 33.4 Å². The maximum atomic E-state index is 2.41. The highest BCUT2D eigenvalue weighted by molar-refractivity contribution is 6.10. The van der Waals surface area contributed by atoms with Crippen LogP contribution in [-0.4, -0.2) is 4.57 Å². The van der Waals surface area contributed by atoms with Gasteiger partial charge < -0.3 is 9.47 Å². The molecule has 11 aromatic carbocycles. The first-order chi connectivity index (χ1) is 33.7. The quantitative estimate of drug-likeness (QED) is 0.133. The minimum absolute atomic E-state index is 1.07. The molecule has 12 rings (SSSR count). The lowest BCUT2D eigenvalue weighted by Gasteiger charge is -2.29. The lowest BCUT2D eigenvalue weighted by molar-refractivity contribution is 1.18. The molecule has 0 radical (unpaired) electrons. The molecule has 0 spiro atoms. The van der Waals surface area contributed by atoms with E-state index < -0.39 is 0 Å². The third-order valence-corrected chi connectivity index (χ3v) is 13.3. The van der Waals surface area contributed by atoms with Gasteiger partial charge in [0.05, 0.1) is 16.7 Å². The van der Waals surface area contributed by atoms with Gasteiger partial charge in [-0.1, -0.05) is 224 Å². The molecule has 0 bridgehead atoms. The van der Waals surface area contributed by atoms with Gasteiger partial charge in [0.15, 0.2) is 0 Å². The molecule has 0 aliphatic carbocycles. The van der Waals surface area contributed by atoms with E-state index in [1.54, 1.807) is 0 Å². The van der Waals surface area contributed by atoms with Gasteiger partial charge in [0.25, 0.3) is 0 Å². The molecule has 12 aromatic rings. The molecule has 0 saturated heterocycles. The van der Waals surface area contributed by atoms with E-state index in [1.807, 2.05) is 0 Å². The van der Waals surface area contributed by atoms with Crippen LogP contribution in [0, 0.1) is 0 Å². The summed E-state index contributed by atoms with van der Waals surface area (Å²) in [5, 5.41) is 2.50. The Hall–Kier alpha value is -8.98. The molecule has 0 unspecified atom stereocenters. The van der Waals surface area contributed by atoms with Crippen LogP contribution in [-0.2, 0) is 0 Å². The van der Waals surface area contributed by atoms with E-state index in [9.17, 15) is 0 Å². The minimum atomic E-state index is 1.07. The smallest absolute Gasteiger partial charge is 0.0547 e. The Bertz CT molecular complexity index is 3680. The molecule has 1 aromatic heterocycles. The van der Waals surface area contributed by atoms with Crippen molar-refractivity contribution in [3.05, 3.63) is 279 Å². The molecule has 2 nitrogen and oxygen atoms in total. The SMILES string of the molecule is c1ccc(-c2ccc(-c3ccc(N(c4ccc(-c5ccc6c7ccccc7n(-c7ccccc7)c6c5)cc4)c4ccccc4-c4ccccc4-c4ccccc4-c4ccccc4)cc3)cc2)cc1. The summed E-state index contributed by atoms with van der Waals surface area (Å²) in [6, 6.07) is 101. The van der Waals surface area contributed by atoms with Crippen LogP contribution in [0.15, 0.2) is 279 Å². The highest BCUT2D eigenvalue weighted by atomic mass is 15.1. The average molecular weight is 867 g/mol. The van der Waals surface area contributed by atoms with Crippen LogP contribution in [0.5, 0.6) is 0 Å². The van der Waals surface area contributed by atoms with Crippen molar-refractivity contribution in [3.63, 3.8) is 0 Å². The van der Waals surface area contributed by atoms with Crippen LogP contribution in [0.3, 0.4) is 0 Å². The van der Waals surface area contributed by atoms with E-state index in [0.29, 0.717) is 0 Å². The predicted octanol–water partition coefficient (Wildman–Crippen LogP) is 18.3. The number of para-hydroxylation sites is 3. The fourth-order valence-electron chi connectivity index (χ4n) is 9.96. The van der Waals surface area contributed by atoms with Gasteiger partial charge in [0.2, 0.25) is 0 Å². The molecule has 0 saturated carbocycles. The Morgan fingerprint density at radius 2 is 0.618 bits per heavy atom. The summed E-state index contributed by atoms with van der Waals surface area (Å²) < 4.78 is 2.39. The van der Waals surface area contributed by atoms with Gasteiger partial charge >= 0.3 is 0 Å². The molecule has 320 valence electrons. The maximum Gasteiger partial charge on any atom is 0.0547 e. The topological polar surface area (TPSA) is 8.17 Å². The van der Waals surface area contributed by atoms with Crippen molar-refractivity contribution in [1.82, 2.24) is 4.57 Å². The summed E-state index contributed by atoms with van der Waals surface area (Å²) in [6.07, 6.45) is 0. The van der Waals surface area contributed by atoms with Crippen LogP contribution in [0.25, 0.3) is 94.3 Å². The van der Waals surface area contributed by atoms with Crippen LogP contribution in [0.4, 0.5) is 17.1 Å². The summed E-state index contributed by atoms with van der Waals surface area (Å²) in [6.45, 7) is 0. The van der Waals surface area contributed by atoms with Crippen LogP contribution >= 0.6 is 0 Å². The zero-order valence-corrected chi connectivity index (χ0v) is 37.5. The summed E-state index contributed by atoms with van der Waals surface area (Å²) >= 11 is 0. The number of nitrogens with zero attached hydrogens (tertiary/aromatic N) is 2. The summed E-state index contributed by atoms with van der Waals surface area (Å²) in [5.41, 5.74) is 21.0. The molecular formula is C66H46N2. The van der Waals surface area contributed by atoms with E-state index in [4.69, 9.17) is 0 Å². The van der Waals surface area contributed by atoms with E-state index in [2.05, 4.69) is 289 Å². The monoisotopic (exact) mass is 866 g/mol. The van der Waals surface area contributed by atoms with Crippen molar-refractivity contribution in [2.24, 2.45) is 0 Å². The fraction of sp³-hybridized carbons (Fsp3) is 0. The lowest BCUT2D eigenvalue weighted by atomic mass is 9.88. The van der Waals surface area contributed by atoms with Crippen molar-refractivity contribution < 1.29 is 0 Å². The summed E-state index contributed by atoms with van der Waals surface area (Å²) in [5.74, 6) is 0. The Morgan fingerprint density at radius 1 is 0.235 bits per heavy atom. The van der Waals surface area contributed by atoms with Crippen molar-refractivity contribution in [2.75, 3.05) is 4.90 Å². The van der Waals surface area contributed by atoms with Gasteiger partial charge in [-0.25, -0.2) is 0 Å². The zero-order valence-electron chi connectivity index (χ0n) is 37.5. The number of benzene rings is 11. The first kappa shape index (κ1) is 40.5. The minimum Gasteiger partial charge on any atom is -0.310 e. The number of aromatic nitrogens is 1. The van der Waals surface area contributed by atoms with Gasteiger partial charge in [-0.2, -0.15) is 0 Å². The first-order valence-electron chi connectivity index (χ1n) is 23.3. The predicted molar refractivity (Wildman–Crippen MR) is 288 cm³/mol. The van der Waals surface area contributed by atoms with E-state index in [0.717, 1.165) is 33.9 Å². The Labute approximate surface area is 397 Å². The lowest BCUT2D eigenvalue weighted by Crippen LogP contribution is -2.11. The molecule has 0 amide bonds. The van der Waals surface area contributed by atoms with Crippen LogP contribution in [0.1, 0.15) is 0 Å². The maximum absolute atomic E-state index is 2.41. The largest absolute Gasteiger partial charge is 0.310 e. The van der Waals surface area contributed by atoms with E-state index >= 15 is 0 Å². The second kappa shape index (κ2) is 17.8. The first-order valence-corrected chi connectivity index (χ1v) is 23.3. The van der Waals surface area contributed by atoms with Crippen molar-refractivity contribution in [3.8, 4) is 72.4 Å². The van der Waals surface area contributed by atoms with Gasteiger partial charge in [-0.3, -0.25) is 0 Å². The van der Waals surface area contributed by atoms with Gasteiger partial charge in [0.1, 0.15) is 0 Å². The number of fused-ring (bicyclic) bond motifs is 3. The highest BCUT2D eigenvalue weighted by Gasteiger charge is 2.21. The summed E-state index contributed by atoms with van der Waals surface area (Å²) in [4.78, 5) is 2.41. The van der Waals surface area contributed by atoms with Gasteiger partial charge in [-0.15, -0.1) is 0 Å². The number of rotatable bonds is 10. The second-order valence-corrected chi connectivity index (χ2v) is 17.3. The highest BCUT2D eigenvalue weighted by Crippen LogP contribution is 2.46. The van der Waals surface area contributed by atoms with E-state index in [-0.39, 0.29) is 0 Å². The normalized spacial score (nSPS) is 11.2. The van der Waals surface area contributed by atoms with Crippen LogP contribution < -0.4 is 4.90 Å². The molecule has 0 N–H and O–H groups in total. The van der Waals surface area contributed by atoms with Crippen molar-refractivity contribution >= 4 is 38.9 Å². The van der Waals surface area contributed by atoms with Crippen molar-refractivity contribution in [1.29, 1.82) is 0 Å².